The van der Waals surface area contributed by atoms with Crippen LogP contribution in [0.15, 0.2) is 0 Å². The Morgan fingerprint density at radius 1 is 1.20 bits per heavy atom. The lowest BCUT2D eigenvalue weighted by Gasteiger charge is -2.37. The zero-order valence-electron chi connectivity index (χ0n) is 9.29. The molecule has 15 heavy (non-hydrogen) atoms. The Labute approximate surface area is 88.7 Å². The molecule has 1 aliphatic carbocycles. The van der Waals surface area contributed by atoms with Gasteiger partial charge in [-0.1, -0.05) is 6.92 Å². The van der Waals surface area contributed by atoms with Gasteiger partial charge < -0.3 is 5.11 Å². The van der Waals surface area contributed by atoms with Crippen LogP contribution in [0.2, 0.25) is 0 Å². The van der Waals surface area contributed by atoms with Crippen molar-refractivity contribution < 1.29 is 19.5 Å². The molecule has 0 heterocycles. The van der Waals surface area contributed by atoms with E-state index in [1.165, 1.54) is 0 Å². The molecule has 0 aromatic heterocycles. The molecule has 1 saturated carbocycles. The highest BCUT2D eigenvalue weighted by atomic mass is 16.4. The van der Waals surface area contributed by atoms with E-state index in [0.717, 1.165) is 0 Å². The summed E-state index contributed by atoms with van der Waals surface area (Å²) in [4.78, 5) is 34.0. The quantitative estimate of drug-likeness (QED) is 0.703. The lowest BCUT2D eigenvalue weighted by Crippen LogP contribution is -2.45. The molecule has 0 amide bonds. The number of carbonyl (C=O) groups is 3. The van der Waals surface area contributed by atoms with Gasteiger partial charge in [0, 0.05) is 12.8 Å². The van der Waals surface area contributed by atoms with Crippen molar-refractivity contribution in [1.82, 2.24) is 0 Å². The molecule has 1 rings (SSSR count). The van der Waals surface area contributed by atoms with Gasteiger partial charge in [-0.25, -0.2) is 0 Å². The van der Waals surface area contributed by atoms with E-state index in [2.05, 4.69) is 0 Å². The largest absolute Gasteiger partial charge is 0.481 e. The predicted molar refractivity (Wildman–Crippen MR) is 53.4 cm³/mol. The highest BCUT2D eigenvalue weighted by Gasteiger charge is 2.47. The normalized spacial score (nSPS) is 23.9. The second kappa shape index (κ2) is 3.43. The molecule has 84 valence electrons. The Kier molecular flexibility index (Phi) is 2.72. The van der Waals surface area contributed by atoms with Crippen molar-refractivity contribution in [2.24, 2.45) is 10.8 Å². The number of Topliss-reactive ketones (excluding diaryl/α,β-unsaturated/α-hetero) is 2. The van der Waals surface area contributed by atoms with Crippen molar-refractivity contribution in [3.8, 4) is 0 Å². The molecule has 1 N–H and O–H groups in total. The molecule has 1 fully saturated rings. The van der Waals surface area contributed by atoms with Gasteiger partial charge in [0.2, 0.25) is 0 Å². The van der Waals surface area contributed by atoms with Gasteiger partial charge in [0.25, 0.3) is 0 Å². The Balaban J connectivity index is 2.89. The maximum absolute atomic E-state index is 11.7. The molecule has 0 bridgehead atoms. The molecule has 0 aliphatic heterocycles. The molecule has 0 saturated heterocycles. The van der Waals surface area contributed by atoms with Crippen molar-refractivity contribution in [1.29, 1.82) is 0 Å². The standard InChI is InChI=1S/C11H16O4/c1-10(2)7(12)4-11(3,5-8(10)13)6-9(14)15/h4-6H2,1-3H3,(H,14,15). The third-order valence-corrected chi connectivity index (χ3v) is 3.15. The molecule has 0 atom stereocenters. The molecular weight excluding hydrogens is 196 g/mol. The Bertz CT molecular complexity index is 307. The number of ketones is 2. The van der Waals surface area contributed by atoms with Crippen LogP contribution in [0, 0.1) is 10.8 Å². The Hall–Kier alpha value is -1.19. The van der Waals surface area contributed by atoms with E-state index in [0.29, 0.717) is 0 Å². The van der Waals surface area contributed by atoms with Gasteiger partial charge in [-0.3, -0.25) is 14.4 Å². The summed E-state index contributed by atoms with van der Waals surface area (Å²) in [6.45, 7) is 4.90. The summed E-state index contributed by atoms with van der Waals surface area (Å²) in [6.07, 6.45) is 0.233. The summed E-state index contributed by atoms with van der Waals surface area (Å²) < 4.78 is 0. The fourth-order valence-corrected chi connectivity index (χ4v) is 1.93. The summed E-state index contributed by atoms with van der Waals surface area (Å²) in [5, 5.41) is 8.71. The smallest absolute Gasteiger partial charge is 0.303 e. The highest BCUT2D eigenvalue weighted by Crippen LogP contribution is 2.42. The molecule has 0 unspecified atom stereocenters. The van der Waals surface area contributed by atoms with Crippen molar-refractivity contribution in [2.45, 2.75) is 40.0 Å². The van der Waals surface area contributed by atoms with Gasteiger partial charge in [0.05, 0.1) is 11.8 Å². The Morgan fingerprint density at radius 3 is 1.93 bits per heavy atom. The van der Waals surface area contributed by atoms with Gasteiger partial charge in [0.15, 0.2) is 0 Å². The van der Waals surface area contributed by atoms with Crippen molar-refractivity contribution in [3.63, 3.8) is 0 Å². The van der Waals surface area contributed by atoms with E-state index in [-0.39, 0.29) is 30.8 Å². The van der Waals surface area contributed by atoms with Crippen LogP contribution in [0.3, 0.4) is 0 Å². The molecule has 0 radical (unpaired) electrons. The average molecular weight is 212 g/mol. The zero-order valence-corrected chi connectivity index (χ0v) is 9.29. The topological polar surface area (TPSA) is 71.4 Å². The number of hydrogen-bond donors (Lipinski definition) is 1. The van der Waals surface area contributed by atoms with Crippen molar-refractivity contribution in [2.75, 3.05) is 0 Å². The zero-order chi connectivity index (χ0) is 11.9. The second-order valence-electron chi connectivity index (χ2n) is 5.21. The minimum absolute atomic E-state index is 0.124. The van der Waals surface area contributed by atoms with E-state index < -0.39 is 16.8 Å². The number of carboxylic acids is 1. The number of rotatable bonds is 2. The summed E-state index contributed by atoms with van der Waals surface area (Å²) in [5.41, 5.74) is -1.63. The molecule has 0 spiro atoms. The van der Waals surface area contributed by atoms with Crippen LogP contribution in [0.1, 0.15) is 40.0 Å². The predicted octanol–water partition coefficient (Wildman–Crippen LogP) is 1.43. The van der Waals surface area contributed by atoms with Crippen LogP contribution < -0.4 is 0 Å². The minimum Gasteiger partial charge on any atom is -0.481 e. The maximum Gasteiger partial charge on any atom is 0.303 e. The van der Waals surface area contributed by atoms with Crippen molar-refractivity contribution >= 4 is 17.5 Å². The van der Waals surface area contributed by atoms with Crippen LogP contribution in [0.4, 0.5) is 0 Å². The number of carbonyl (C=O) groups excluding carboxylic acids is 2. The van der Waals surface area contributed by atoms with Crippen LogP contribution in [0.25, 0.3) is 0 Å². The molecule has 0 aromatic rings. The molecule has 4 heteroatoms. The maximum atomic E-state index is 11.7. The van der Waals surface area contributed by atoms with Crippen LogP contribution in [-0.2, 0) is 14.4 Å². The van der Waals surface area contributed by atoms with E-state index in [4.69, 9.17) is 5.11 Å². The SMILES string of the molecule is CC1(CC(=O)O)CC(=O)C(C)(C)C(=O)C1. The van der Waals surface area contributed by atoms with Gasteiger partial charge in [0.1, 0.15) is 11.6 Å². The number of carboxylic acid groups (broad SMARTS) is 1. The van der Waals surface area contributed by atoms with Crippen LogP contribution >= 0.6 is 0 Å². The molecular formula is C11H16O4. The number of aliphatic carboxylic acids is 1. The van der Waals surface area contributed by atoms with Gasteiger partial charge >= 0.3 is 5.97 Å². The molecule has 4 nitrogen and oxygen atoms in total. The van der Waals surface area contributed by atoms with E-state index in [1.807, 2.05) is 0 Å². The third kappa shape index (κ3) is 2.25. The fraction of sp³-hybridized carbons (Fsp3) is 0.727. The van der Waals surface area contributed by atoms with E-state index >= 15 is 0 Å². The summed E-state index contributed by atoms with van der Waals surface area (Å²) in [7, 11) is 0. The van der Waals surface area contributed by atoms with E-state index in [1.54, 1.807) is 20.8 Å². The summed E-state index contributed by atoms with van der Waals surface area (Å²) >= 11 is 0. The first-order chi connectivity index (χ1) is 6.67. The second-order valence-corrected chi connectivity index (χ2v) is 5.21. The van der Waals surface area contributed by atoms with Crippen LogP contribution in [-0.4, -0.2) is 22.6 Å². The fourth-order valence-electron chi connectivity index (χ4n) is 1.93. The molecule has 0 aromatic carbocycles. The van der Waals surface area contributed by atoms with Crippen molar-refractivity contribution in [3.05, 3.63) is 0 Å². The van der Waals surface area contributed by atoms with Crippen LogP contribution in [0.5, 0.6) is 0 Å². The third-order valence-electron chi connectivity index (χ3n) is 3.15. The van der Waals surface area contributed by atoms with E-state index in [9.17, 15) is 14.4 Å². The Morgan fingerprint density at radius 2 is 1.60 bits per heavy atom. The first-order valence-electron chi connectivity index (χ1n) is 4.96. The lowest BCUT2D eigenvalue weighted by molar-refractivity contribution is -0.149. The highest BCUT2D eigenvalue weighted by molar-refractivity contribution is 6.09. The van der Waals surface area contributed by atoms with Gasteiger partial charge in [-0.2, -0.15) is 0 Å². The lowest BCUT2D eigenvalue weighted by atomic mass is 9.63. The monoisotopic (exact) mass is 212 g/mol. The minimum atomic E-state index is -0.960. The summed E-state index contributed by atoms with van der Waals surface area (Å²) in [6, 6.07) is 0. The summed E-state index contributed by atoms with van der Waals surface area (Å²) in [5.74, 6) is -1.26. The van der Waals surface area contributed by atoms with Gasteiger partial charge in [-0.15, -0.1) is 0 Å². The van der Waals surface area contributed by atoms with Gasteiger partial charge in [-0.05, 0) is 19.3 Å². The first kappa shape index (κ1) is 11.9. The molecule has 1 aliphatic rings. The average Bonchev–Trinajstić information content (AvgIpc) is 1.98. The number of hydrogen-bond acceptors (Lipinski definition) is 3. The first-order valence-corrected chi connectivity index (χ1v) is 4.96.